The first-order valence-electron chi connectivity index (χ1n) is 6.56. The van der Waals surface area contributed by atoms with E-state index in [1.807, 2.05) is 79.7 Å². The van der Waals surface area contributed by atoms with Gasteiger partial charge in [0, 0.05) is 10.6 Å². The highest BCUT2D eigenvalue weighted by Gasteiger charge is 2.27. The quantitative estimate of drug-likeness (QED) is 0.604. The third kappa shape index (κ3) is 3.57. The Labute approximate surface area is 120 Å². The Bertz CT molecular complexity index is 526. The number of ether oxygens (including phenoxy) is 1. The molecular formula is C16H20NO2P. The van der Waals surface area contributed by atoms with Gasteiger partial charge < -0.3 is 9.30 Å². The molecule has 0 N–H and O–H groups in total. The summed E-state index contributed by atoms with van der Waals surface area (Å²) in [4.78, 5) is 1.92. The lowest BCUT2D eigenvalue weighted by atomic mass is 10.4. The maximum absolute atomic E-state index is 13.5. The fourth-order valence-corrected chi connectivity index (χ4v) is 4.23. The molecule has 0 spiro atoms. The minimum Gasteiger partial charge on any atom is -0.358 e. The first-order valence-corrected chi connectivity index (χ1v) is 8.45. The molecule has 0 aromatic heterocycles. The molecule has 3 nitrogen and oxygen atoms in total. The number of nitrogens with zero attached hydrogens (tertiary/aromatic N) is 1. The van der Waals surface area contributed by atoms with Gasteiger partial charge in [0.25, 0.3) is 0 Å². The van der Waals surface area contributed by atoms with Crippen molar-refractivity contribution in [2.45, 2.75) is 0 Å². The van der Waals surface area contributed by atoms with Gasteiger partial charge in [-0.15, -0.1) is 0 Å². The molecule has 2 aromatic rings. The summed E-state index contributed by atoms with van der Waals surface area (Å²) < 4.78 is 19.1. The highest BCUT2D eigenvalue weighted by Crippen LogP contribution is 2.43. The lowest BCUT2D eigenvalue weighted by molar-refractivity contribution is 0.0854. The summed E-state index contributed by atoms with van der Waals surface area (Å²) in [5.41, 5.74) is 0. The molecule has 0 aliphatic rings. The van der Waals surface area contributed by atoms with Crippen LogP contribution in [0.2, 0.25) is 0 Å². The predicted octanol–water partition coefficient (Wildman–Crippen LogP) is 2.49. The van der Waals surface area contributed by atoms with E-state index < -0.39 is 7.14 Å². The van der Waals surface area contributed by atoms with E-state index in [2.05, 4.69) is 0 Å². The van der Waals surface area contributed by atoms with Crippen molar-refractivity contribution in [3.8, 4) is 0 Å². The Morgan fingerprint density at radius 3 is 1.75 bits per heavy atom. The van der Waals surface area contributed by atoms with E-state index in [-0.39, 0.29) is 6.35 Å². The zero-order chi connectivity index (χ0) is 14.4. The van der Waals surface area contributed by atoms with Crippen molar-refractivity contribution in [1.29, 1.82) is 0 Å². The second kappa shape index (κ2) is 6.85. The van der Waals surface area contributed by atoms with Crippen LogP contribution in [0.3, 0.4) is 0 Å². The molecule has 0 atom stereocenters. The Morgan fingerprint density at radius 1 is 0.900 bits per heavy atom. The van der Waals surface area contributed by atoms with Gasteiger partial charge in [0.2, 0.25) is 0 Å². The third-order valence-electron chi connectivity index (χ3n) is 2.97. The normalized spacial score (nSPS) is 11.8. The fraction of sp³-hybridized carbons (Fsp3) is 0.250. The summed E-state index contributed by atoms with van der Waals surface area (Å²) in [6.07, 6.45) is 0.221. The van der Waals surface area contributed by atoms with E-state index in [9.17, 15) is 4.57 Å². The topological polar surface area (TPSA) is 29.5 Å². The van der Waals surface area contributed by atoms with Crippen LogP contribution < -0.4 is 10.6 Å². The summed E-state index contributed by atoms with van der Waals surface area (Å²) in [6.45, 7) is 0.462. The molecule has 0 heterocycles. The lowest BCUT2D eigenvalue weighted by Gasteiger charge is -2.20. The maximum Gasteiger partial charge on any atom is 0.167 e. The molecule has 2 aromatic carbocycles. The van der Waals surface area contributed by atoms with Gasteiger partial charge in [0.1, 0.15) is 6.35 Å². The molecule has 0 unspecified atom stereocenters. The maximum atomic E-state index is 13.5. The van der Waals surface area contributed by atoms with Gasteiger partial charge in [-0.2, -0.15) is 0 Å². The second-order valence-corrected chi connectivity index (χ2v) is 7.72. The van der Waals surface area contributed by atoms with Gasteiger partial charge in [-0.3, -0.25) is 4.90 Å². The van der Waals surface area contributed by atoms with Crippen LogP contribution in [0.15, 0.2) is 60.7 Å². The highest BCUT2D eigenvalue weighted by molar-refractivity contribution is 7.78. The van der Waals surface area contributed by atoms with Crippen LogP contribution in [0.25, 0.3) is 0 Å². The Morgan fingerprint density at radius 2 is 1.35 bits per heavy atom. The Balaban J connectivity index is 2.32. The van der Waals surface area contributed by atoms with Crippen molar-refractivity contribution in [2.75, 3.05) is 27.2 Å². The number of hydrogen-bond acceptors (Lipinski definition) is 3. The standard InChI is InChI=1S/C16H20NO2P/c1-17(2)13-19-14-20(18,15-9-5-3-6-10-15)16-11-7-4-8-12-16/h3-12H,13-14H2,1-2H3. The molecule has 2 rings (SSSR count). The summed E-state index contributed by atoms with van der Waals surface area (Å²) in [7, 11) is 1.12. The molecule has 4 heteroatoms. The predicted molar refractivity (Wildman–Crippen MR) is 84.3 cm³/mol. The van der Waals surface area contributed by atoms with Crippen LogP contribution in [0.5, 0.6) is 0 Å². The van der Waals surface area contributed by atoms with Crippen LogP contribution in [0.4, 0.5) is 0 Å². The molecule has 0 aliphatic carbocycles. The number of benzene rings is 2. The molecule has 0 aliphatic heterocycles. The van der Waals surface area contributed by atoms with Crippen molar-refractivity contribution in [1.82, 2.24) is 4.90 Å². The van der Waals surface area contributed by atoms with Crippen molar-refractivity contribution in [2.24, 2.45) is 0 Å². The van der Waals surface area contributed by atoms with E-state index in [0.29, 0.717) is 6.73 Å². The van der Waals surface area contributed by atoms with Crippen molar-refractivity contribution in [3.05, 3.63) is 60.7 Å². The second-order valence-electron chi connectivity index (χ2n) is 4.95. The largest absolute Gasteiger partial charge is 0.358 e. The van der Waals surface area contributed by atoms with Gasteiger partial charge in [-0.1, -0.05) is 60.7 Å². The van der Waals surface area contributed by atoms with Crippen LogP contribution in [-0.2, 0) is 9.30 Å². The van der Waals surface area contributed by atoms with Gasteiger partial charge in [-0.25, -0.2) is 0 Å². The number of hydrogen-bond donors (Lipinski definition) is 0. The molecular weight excluding hydrogens is 269 g/mol. The van der Waals surface area contributed by atoms with Gasteiger partial charge in [-0.05, 0) is 14.1 Å². The first-order chi connectivity index (χ1) is 9.63. The minimum absolute atomic E-state index is 0.221. The average molecular weight is 289 g/mol. The molecule has 20 heavy (non-hydrogen) atoms. The molecule has 0 saturated heterocycles. The number of rotatable bonds is 6. The van der Waals surface area contributed by atoms with E-state index in [4.69, 9.17) is 4.74 Å². The SMILES string of the molecule is CN(C)COCP(=O)(c1ccccc1)c1ccccc1. The first kappa shape index (κ1) is 15.0. The Hall–Kier alpha value is -1.41. The monoisotopic (exact) mass is 289 g/mol. The third-order valence-corrected chi connectivity index (χ3v) is 5.78. The minimum atomic E-state index is -2.73. The highest BCUT2D eigenvalue weighted by atomic mass is 31.2. The van der Waals surface area contributed by atoms with Crippen molar-refractivity contribution < 1.29 is 9.30 Å². The van der Waals surface area contributed by atoms with E-state index in [1.54, 1.807) is 0 Å². The zero-order valence-electron chi connectivity index (χ0n) is 11.9. The summed E-state index contributed by atoms with van der Waals surface area (Å²) in [5, 5.41) is 1.68. The lowest BCUT2D eigenvalue weighted by Crippen LogP contribution is -2.23. The molecule has 0 radical (unpaired) electrons. The zero-order valence-corrected chi connectivity index (χ0v) is 12.8. The van der Waals surface area contributed by atoms with E-state index in [0.717, 1.165) is 10.6 Å². The smallest absolute Gasteiger partial charge is 0.167 e. The van der Waals surface area contributed by atoms with Crippen molar-refractivity contribution in [3.63, 3.8) is 0 Å². The van der Waals surface area contributed by atoms with Gasteiger partial charge >= 0.3 is 0 Å². The molecule has 0 amide bonds. The van der Waals surface area contributed by atoms with Crippen LogP contribution >= 0.6 is 7.14 Å². The molecule has 0 saturated carbocycles. The van der Waals surface area contributed by atoms with Crippen molar-refractivity contribution >= 4 is 17.8 Å². The van der Waals surface area contributed by atoms with Crippen LogP contribution in [0.1, 0.15) is 0 Å². The van der Waals surface area contributed by atoms with Crippen LogP contribution in [-0.4, -0.2) is 32.1 Å². The fourth-order valence-electron chi connectivity index (χ4n) is 1.99. The molecule has 0 fully saturated rings. The molecule has 0 bridgehead atoms. The summed E-state index contributed by atoms with van der Waals surface area (Å²) in [6, 6.07) is 19.2. The van der Waals surface area contributed by atoms with Gasteiger partial charge in [0.15, 0.2) is 7.14 Å². The molecule has 106 valence electrons. The van der Waals surface area contributed by atoms with Gasteiger partial charge in [0.05, 0.1) is 6.73 Å². The van der Waals surface area contributed by atoms with E-state index >= 15 is 0 Å². The summed E-state index contributed by atoms with van der Waals surface area (Å²) in [5.74, 6) is 0. The van der Waals surface area contributed by atoms with E-state index in [1.165, 1.54) is 0 Å². The Kier molecular flexibility index (Phi) is 5.13. The summed E-state index contributed by atoms with van der Waals surface area (Å²) >= 11 is 0. The van der Waals surface area contributed by atoms with Crippen LogP contribution in [0, 0.1) is 0 Å². The average Bonchev–Trinajstić information content (AvgIpc) is 2.48.